The van der Waals surface area contributed by atoms with E-state index in [1.165, 1.54) is 0 Å². The van der Waals surface area contributed by atoms with E-state index in [0.717, 1.165) is 5.56 Å². The Hall–Kier alpha value is -1.55. The van der Waals surface area contributed by atoms with Gasteiger partial charge in [0, 0.05) is 25.2 Å². The summed E-state index contributed by atoms with van der Waals surface area (Å²) in [6.07, 6.45) is 0.237. The third kappa shape index (κ3) is 2.89. The summed E-state index contributed by atoms with van der Waals surface area (Å²) in [4.78, 5) is 27.4. The van der Waals surface area contributed by atoms with Gasteiger partial charge < -0.3 is 9.80 Å². The molecule has 1 saturated heterocycles. The Balaban J connectivity index is 2.08. The molecule has 2 rings (SSSR count). The number of halogens is 1. The van der Waals surface area contributed by atoms with Crippen LogP contribution in [0.15, 0.2) is 24.3 Å². The average molecular weight is 281 g/mol. The lowest BCUT2D eigenvalue weighted by molar-refractivity contribution is -0.149. The molecule has 0 spiro atoms. The summed E-state index contributed by atoms with van der Waals surface area (Å²) in [7, 11) is 1.76. The van der Waals surface area contributed by atoms with Crippen molar-refractivity contribution < 1.29 is 9.59 Å². The predicted molar refractivity (Wildman–Crippen MR) is 74.0 cm³/mol. The van der Waals surface area contributed by atoms with Crippen LogP contribution in [-0.2, 0) is 16.0 Å². The maximum Gasteiger partial charge on any atom is 0.244 e. The molecule has 0 aromatic heterocycles. The molecule has 0 N–H and O–H groups in total. The first-order valence-corrected chi connectivity index (χ1v) is 6.66. The van der Waals surface area contributed by atoms with Crippen molar-refractivity contribution in [2.75, 3.05) is 20.1 Å². The summed E-state index contributed by atoms with van der Waals surface area (Å²) in [5.41, 5.74) is 0.799. The van der Waals surface area contributed by atoms with Crippen LogP contribution in [0, 0.1) is 0 Å². The van der Waals surface area contributed by atoms with Gasteiger partial charge in [0.2, 0.25) is 11.8 Å². The fourth-order valence-corrected chi connectivity index (χ4v) is 2.46. The van der Waals surface area contributed by atoms with Crippen molar-refractivity contribution in [3.63, 3.8) is 0 Å². The van der Waals surface area contributed by atoms with E-state index in [2.05, 4.69) is 0 Å². The quantitative estimate of drug-likeness (QED) is 0.825. The predicted octanol–water partition coefficient (Wildman–Crippen LogP) is 1.57. The molecule has 19 heavy (non-hydrogen) atoms. The lowest BCUT2D eigenvalue weighted by Crippen LogP contribution is -2.56. The first-order valence-electron chi connectivity index (χ1n) is 6.28. The van der Waals surface area contributed by atoms with Crippen LogP contribution in [0.3, 0.4) is 0 Å². The Morgan fingerprint density at radius 2 is 2.05 bits per heavy atom. The second-order valence-corrected chi connectivity index (χ2v) is 5.20. The molecule has 0 saturated carbocycles. The van der Waals surface area contributed by atoms with Gasteiger partial charge in [-0.05, 0) is 18.6 Å². The second kappa shape index (κ2) is 5.61. The fraction of sp³-hybridized carbons (Fsp3) is 0.429. The summed E-state index contributed by atoms with van der Waals surface area (Å²) in [5, 5.41) is 0.587. The summed E-state index contributed by atoms with van der Waals surface area (Å²) in [6.45, 7) is 2.92. The van der Waals surface area contributed by atoms with Gasteiger partial charge in [0.15, 0.2) is 0 Å². The highest BCUT2D eigenvalue weighted by atomic mass is 35.5. The lowest BCUT2D eigenvalue weighted by Gasteiger charge is -2.37. The molecule has 1 aliphatic heterocycles. The molecule has 1 atom stereocenters. The van der Waals surface area contributed by atoms with E-state index < -0.39 is 6.04 Å². The van der Waals surface area contributed by atoms with Gasteiger partial charge >= 0.3 is 0 Å². The van der Waals surface area contributed by atoms with Crippen molar-refractivity contribution in [3.05, 3.63) is 34.9 Å². The molecule has 1 heterocycles. The van der Waals surface area contributed by atoms with Crippen LogP contribution in [0.5, 0.6) is 0 Å². The van der Waals surface area contributed by atoms with E-state index in [9.17, 15) is 9.59 Å². The molecular formula is C14H17ClN2O2. The van der Waals surface area contributed by atoms with Crippen LogP contribution < -0.4 is 0 Å². The Labute approximate surface area is 117 Å². The number of hydrogen-bond donors (Lipinski definition) is 0. The Morgan fingerprint density at radius 3 is 2.74 bits per heavy atom. The lowest BCUT2D eigenvalue weighted by atomic mass is 10.1. The Bertz CT molecular complexity index is 504. The Morgan fingerprint density at radius 1 is 1.37 bits per heavy atom. The summed E-state index contributed by atoms with van der Waals surface area (Å²) in [6, 6.07) is 6.89. The zero-order valence-electron chi connectivity index (χ0n) is 11.1. The number of hydrogen-bond acceptors (Lipinski definition) is 2. The number of carbonyl (C=O) groups excluding carboxylic acids is 2. The molecule has 1 aliphatic rings. The maximum absolute atomic E-state index is 12.3. The fourth-order valence-electron chi connectivity index (χ4n) is 2.26. The van der Waals surface area contributed by atoms with Crippen molar-refractivity contribution in [3.8, 4) is 0 Å². The largest absolute Gasteiger partial charge is 0.342 e. The van der Waals surface area contributed by atoms with Crippen LogP contribution in [0.25, 0.3) is 0 Å². The van der Waals surface area contributed by atoms with Gasteiger partial charge in [0.1, 0.15) is 6.04 Å². The van der Waals surface area contributed by atoms with Gasteiger partial charge in [0.05, 0.1) is 6.42 Å². The van der Waals surface area contributed by atoms with Gasteiger partial charge in [-0.3, -0.25) is 9.59 Å². The van der Waals surface area contributed by atoms with Gasteiger partial charge in [-0.25, -0.2) is 0 Å². The minimum absolute atomic E-state index is 0.0150. The number of benzene rings is 1. The standard InChI is InChI=1S/C14H17ClN2O2/c1-10-14(19)16(2)7-8-17(10)13(18)9-11-5-3-4-6-12(11)15/h3-6,10H,7-9H2,1-2H3. The number of likely N-dealkylation sites (N-methyl/N-ethyl adjacent to an activating group) is 1. The zero-order valence-corrected chi connectivity index (χ0v) is 11.9. The topological polar surface area (TPSA) is 40.6 Å². The van der Waals surface area contributed by atoms with Crippen LogP contribution >= 0.6 is 11.6 Å². The molecule has 5 heteroatoms. The monoisotopic (exact) mass is 280 g/mol. The van der Waals surface area contributed by atoms with Crippen molar-refractivity contribution in [2.24, 2.45) is 0 Å². The molecule has 1 aromatic carbocycles. The van der Waals surface area contributed by atoms with Gasteiger partial charge in [-0.1, -0.05) is 29.8 Å². The maximum atomic E-state index is 12.3. The molecule has 0 bridgehead atoms. The van der Waals surface area contributed by atoms with Crippen LogP contribution in [0.2, 0.25) is 5.02 Å². The average Bonchev–Trinajstić information content (AvgIpc) is 2.39. The number of piperazine rings is 1. The van der Waals surface area contributed by atoms with Crippen LogP contribution in [-0.4, -0.2) is 47.8 Å². The number of carbonyl (C=O) groups is 2. The first kappa shape index (κ1) is 13.9. The molecule has 2 amide bonds. The van der Waals surface area contributed by atoms with Crippen molar-refractivity contribution in [1.29, 1.82) is 0 Å². The molecule has 1 unspecified atom stereocenters. The van der Waals surface area contributed by atoms with Crippen LogP contribution in [0.1, 0.15) is 12.5 Å². The van der Waals surface area contributed by atoms with Crippen molar-refractivity contribution in [2.45, 2.75) is 19.4 Å². The van der Waals surface area contributed by atoms with E-state index in [0.29, 0.717) is 18.1 Å². The molecular weight excluding hydrogens is 264 g/mol. The smallest absolute Gasteiger partial charge is 0.244 e. The van der Waals surface area contributed by atoms with Crippen molar-refractivity contribution in [1.82, 2.24) is 9.80 Å². The van der Waals surface area contributed by atoms with E-state index in [-0.39, 0.29) is 18.2 Å². The normalized spacial score (nSPS) is 19.7. The van der Waals surface area contributed by atoms with E-state index in [1.54, 1.807) is 29.8 Å². The molecule has 0 aliphatic carbocycles. The van der Waals surface area contributed by atoms with Gasteiger partial charge in [0.25, 0.3) is 0 Å². The minimum atomic E-state index is -0.395. The highest BCUT2D eigenvalue weighted by molar-refractivity contribution is 6.31. The number of amides is 2. The van der Waals surface area contributed by atoms with Gasteiger partial charge in [-0.2, -0.15) is 0 Å². The van der Waals surface area contributed by atoms with Crippen LogP contribution in [0.4, 0.5) is 0 Å². The number of nitrogens with zero attached hydrogens (tertiary/aromatic N) is 2. The Kier molecular flexibility index (Phi) is 4.10. The third-order valence-electron chi connectivity index (χ3n) is 3.50. The highest BCUT2D eigenvalue weighted by Crippen LogP contribution is 2.18. The molecule has 102 valence electrons. The zero-order chi connectivity index (χ0) is 14.0. The molecule has 4 nitrogen and oxygen atoms in total. The summed E-state index contributed by atoms with van der Waals surface area (Å²) < 4.78 is 0. The second-order valence-electron chi connectivity index (χ2n) is 4.79. The molecule has 0 radical (unpaired) electrons. The van der Waals surface area contributed by atoms with Crippen molar-refractivity contribution >= 4 is 23.4 Å². The SMILES string of the molecule is CC1C(=O)N(C)CCN1C(=O)Cc1ccccc1Cl. The summed E-state index contributed by atoms with van der Waals surface area (Å²) in [5.74, 6) is -0.0687. The minimum Gasteiger partial charge on any atom is -0.342 e. The number of rotatable bonds is 2. The third-order valence-corrected chi connectivity index (χ3v) is 3.87. The first-order chi connectivity index (χ1) is 9.00. The highest BCUT2D eigenvalue weighted by Gasteiger charge is 2.32. The molecule has 1 aromatic rings. The van der Waals surface area contributed by atoms with E-state index >= 15 is 0 Å². The van der Waals surface area contributed by atoms with E-state index in [4.69, 9.17) is 11.6 Å². The summed E-state index contributed by atoms with van der Waals surface area (Å²) >= 11 is 6.05. The van der Waals surface area contributed by atoms with E-state index in [1.807, 2.05) is 18.2 Å². The van der Waals surface area contributed by atoms with Gasteiger partial charge in [-0.15, -0.1) is 0 Å². The molecule has 1 fully saturated rings.